The summed E-state index contributed by atoms with van der Waals surface area (Å²) >= 11 is 0. The highest BCUT2D eigenvalue weighted by atomic mass is 35.5. The second-order valence-corrected chi connectivity index (χ2v) is 4.64. The van der Waals surface area contributed by atoms with Gasteiger partial charge in [0.1, 0.15) is 0 Å². The van der Waals surface area contributed by atoms with Crippen LogP contribution in [-0.2, 0) is 13.0 Å². The smallest absolute Gasteiger partial charge is 0.0601 e. The molecule has 0 aliphatic carbocycles. The van der Waals surface area contributed by atoms with Gasteiger partial charge in [0.15, 0.2) is 0 Å². The predicted molar refractivity (Wildman–Crippen MR) is 87.9 cm³/mol. The van der Waals surface area contributed by atoms with Crippen LogP contribution in [0.25, 0.3) is 0 Å². The lowest BCUT2D eigenvalue weighted by Crippen LogP contribution is -2.26. The number of halogens is 1. The van der Waals surface area contributed by atoms with E-state index in [1.165, 1.54) is 11.1 Å². The second-order valence-electron chi connectivity index (χ2n) is 4.64. The van der Waals surface area contributed by atoms with Crippen molar-refractivity contribution < 1.29 is 0 Å². The lowest BCUT2D eigenvalue weighted by Gasteiger charge is -2.19. The molecular formula is C18H20ClN. The zero-order valence-electron chi connectivity index (χ0n) is 11.5. The summed E-state index contributed by atoms with van der Waals surface area (Å²) in [6.45, 7) is 2.60. The first-order valence-electron chi connectivity index (χ1n) is 6.62. The summed E-state index contributed by atoms with van der Waals surface area (Å²) in [5.41, 5.74) is 2.67. The molecule has 0 amide bonds. The molecule has 104 valence electrons. The molecule has 0 bridgehead atoms. The van der Waals surface area contributed by atoms with Crippen molar-refractivity contribution in [2.75, 3.05) is 13.1 Å². The lowest BCUT2D eigenvalue weighted by molar-refractivity contribution is 0.303. The van der Waals surface area contributed by atoms with E-state index in [-0.39, 0.29) is 12.4 Å². The Labute approximate surface area is 128 Å². The molecule has 0 aliphatic heterocycles. The third kappa shape index (κ3) is 5.48. The fraction of sp³-hybridized carbons (Fsp3) is 0.222. The van der Waals surface area contributed by atoms with E-state index in [9.17, 15) is 0 Å². The molecule has 0 heterocycles. The first-order chi connectivity index (χ1) is 9.38. The third-order valence-electron chi connectivity index (χ3n) is 3.12. The summed E-state index contributed by atoms with van der Waals surface area (Å²) in [6, 6.07) is 21.0. The van der Waals surface area contributed by atoms with Crippen LogP contribution in [0.5, 0.6) is 0 Å². The van der Waals surface area contributed by atoms with Gasteiger partial charge in [-0.05, 0) is 17.5 Å². The monoisotopic (exact) mass is 285 g/mol. The first kappa shape index (κ1) is 16.3. The molecule has 0 saturated carbocycles. The Morgan fingerprint density at radius 1 is 0.850 bits per heavy atom. The number of hydrogen-bond acceptors (Lipinski definition) is 1. The molecule has 1 nitrogen and oxygen atoms in total. The van der Waals surface area contributed by atoms with Crippen LogP contribution >= 0.6 is 12.4 Å². The minimum atomic E-state index is 0. The number of hydrogen-bond donors (Lipinski definition) is 0. The van der Waals surface area contributed by atoms with Crippen molar-refractivity contribution >= 4 is 12.4 Å². The van der Waals surface area contributed by atoms with E-state index in [1.807, 2.05) is 12.1 Å². The van der Waals surface area contributed by atoms with Crippen LogP contribution < -0.4 is 0 Å². The van der Waals surface area contributed by atoms with Crippen molar-refractivity contribution in [3.63, 3.8) is 0 Å². The molecule has 20 heavy (non-hydrogen) atoms. The summed E-state index contributed by atoms with van der Waals surface area (Å²) < 4.78 is 0. The standard InChI is InChI=1S/C18H19N.ClH/c1-2-14-19(16-18-11-7-4-8-12-18)15-13-17-9-5-3-6-10-17;/h1,3-12H,13-16H2;1H. The summed E-state index contributed by atoms with van der Waals surface area (Å²) in [4.78, 5) is 2.31. The average Bonchev–Trinajstić information content (AvgIpc) is 2.47. The number of terminal acetylenes is 1. The molecule has 2 aromatic carbocycles. The van der Waals surface area contributed by atoms with Gasteiger partial charge in [-0.15, -0.1) is 18.8 Å². The van der Waals surface area contributed by atoms with Gasteiger partial charge in [-0.2, -0.15) is 0 Å². The van der Waals surface area contributed by atoms with Gasteiger partial charge < -0.3 is 0 Å². The zero-order valence-corrected chi connectivity index (χ0v) is 12.4. The zero-order chi connectivity index (χ0) is 13.3. The summed E-state index contributed by atoms with van der Waals surface area (Å²) in [6.07, 6.45) is 6.50. The van der Waals surface area contributed by atoms with Gasteiger partial charge in [-0.25, -0.2) is 0 Å². The quantitative estimate of drug-likeness (QED) is 0.730. The first-order valence-corrected chi connectivity index (χ1v) is 6.62. The molecular weight excluding hydrogens is 266 g/mol. The van der Waals surface area contributed by atoms with Gasteiger partial charge >= 0.3 is 0 Å². The molecule has 2 heteroatoms. The fourth-order valence-electron chi connectivity index (χ4n) is 2.12. The Morgan fingerprint density at radius 3 is 1.95 bits per heavy atom. The van der Waals surface area contributed by atoms with E-state index in [2.05, 4.69) is 59.4 Å². The maximum Gasteiger partial charge on any atom is 0.0601 e. The van der Waals surface area contributed by atoms with Gasteiger partial charge in [0, 0.05) is 13.1 Å². The molecule has 0 radical (unpaired) electrons. The largest absolute Gasteiger partial charge is 0.288 e. The summed E-state index contributed by atoms with van der Waals surface area (Å²) in [5, 5.41) is 0. The van der Waals surface area contributed by atoms with Gasteiger partial charge in [0.2, 0.25) is 0 Å². The van der Waals surface area contributed by atoms with Crippen LogP contribution in [0.4, 0.5) is 0 Å². The van der Waals surface area contributed by atoms with Crippen LogP contribution in [-0.4, -0.2) is 18.0 Å². The van der Waals surface area contributed by atoms with Crippen molar-refractivity contribution in [2.45, 2.75) is 13.0 Å². The molecule has 0 fully saturated rings. The van der Waals surface area contributed by atoms with E-state index in [0.717, 1.165) is 19.5 Å². The van der Waals surface area contributed by atoms with Crippen LogP contribution in [0.1, 0.15) is 11.1 Å². The number of rotatable bonds is 6. The highest BCUT2D eigenvalue weighted by Crippen LogP contribution is 2.06. The molecule has 0 unspecified atom stereocenters. The maximum absolute atomic E-state index is 5.46. The Kier molecular flexibility index (Phi) is 7.50. The Bertz CT molecular complexity index is 516. The van der Waals surface area contributed by atoms with Gasteiger partial charge in [-0.3, -0.25) is 4.90 Å². The molecule has 0 atom stereocenters. The van der Waals surface area contributed by atoms with Crippen LogP contribution in [0.15, 0.2) is 60.7 Å². The van der Waals surface area contributed by atoms with Crippen molar-refractivity contribution in [1.29, 1.82) is 0 Å². The van der Waals surface area contributed by atoms with E-state index in [4.69, 9.17) is 6.42 Å². The van der Waals surface area contributed by atoms with Crippen molar-refractivity contribution in [2.24, 2.45) is 0 Å². The molecule has 0 spiro atoms. The van der Waals surface area contributed by atoms with Crippen LogP contribution in [0, 0.1) is 12.3 Å². The third-order valence-corrected chi connectivity index (χ3v) is 3.12. The van der Waals surface area contributed by atoms with E-state index in [1.54, 1.807) is 0 Å². The Hall–Kier alpha value is -1.75. The molecule has 2 aromatic rings. The highest BCUT2D eigenvalue weighted by Gasteiger charge is 2.04. The molecule has 0 N–H and O–H groups in total. The van der Waals surface area contributed by atoms with Gasteiger partial charge in [0.25, 0.3) is 0 Å². The predicted octanol–water partition coefficient (Wildman–Crippen LogP) is 3.79. The lowest BCUT2D eigenvalue weighted by atomic mass is 10.1. The fourth-order valence-corrected chi connectivity index (χ4v) is 2.12. The molecule has 0 aromatic heterocycles. The van der Waals surface area contributed by atoms with Gasteiger partial charge in [-0.1, -0.05) is 66.6 Å². The number of nitrogens with zero attached hydrogens (tertiary/aromatic N) is 1. The summed E-state index contributed by atoms with van der Waals surface area (Å²) in [5.74, 6) is 2.75. The van der Waals surface area contributed by atoms with Gasteiger partial charge in [0.05, 0.1) is 6.54 Å². The van der Waals surface area contributed by atoms with E-state index in [0.29, 0.717) is 6.54 Å². The minimum absolute atomic E-state index is 0. The Morgan fingerprint density at radius 2 is 1.40 bits per heavy atom. The Balaban J connectivity index is 0.00000200. The van der Waals surface area contributed by atoms with E-state index < -0.39 is 0 Å². The minimum Gasteiger partial charge on any atom is -0.288 e. The molecule has 0 aliphatic rings. The summed E-state index contributed by atoms with van der Waals surface area (Å²) in [7, 11) is 0. The van der Waals surface area contributed by atoms with Crippen LogP contribution in [0.2, 0.25) is 0 Å². The van der Waals surface area contributed by atoms with Crippen molar-refractivity contribution in [3.8, 4) is 12.3 Å². The van der Waals surface area contributed by atoms with Crippen LogP contribution in [0.3, 0.4) is 0 Å². The molecule has 2 rings (SSSR count). The second kappa shape index (κ2) is 9.20. The highest BCUT2D eigenvalue weighted by molar-refractivity contribution is 5.85. The molecule has 0 saturated heterocycles. The van der Waals surface area contributed by atoms with E-state index >= 15 is 0 Å². The number of benzene rings is 2. The topological polar surface area (TPSA) is 3.24 Å². The normalized spacial score (nSPS) is 9.80. The van der Waals surface area contributed by atoms with Crippen molar-refractivity contribution in [3.05, 3.63) is 71.8 Å². The van der Waals surface area contributed by atoms with Crippen molar-refractivity contribution in [1.82, 2.24) is 4.90 Å². The SMILES string of the molecule is C#CCN(CCc1ccccc1)Cc1ccccc1.Cl. The maximum atomic E-state index is 5.46. The average molecular weight is 286 g/mol.